The summed E-state index contributed by atoms with van der Waals surface area (Å²) >= 11 is 6.41. The zero-order valence-electron chi connectivity index (χ0n) is 11.8. The maximum Gasteiger partial charge on any atom is 0.0722 e. The molecule has 2 rings (SSSR count). The molecule has 1 aliphatic rings. The van der Waals surface area contributed by atoms with E-state index in [2.05, 4.69) is 30.1 Å². The van der Waals surface area contributed by atoms with Gasteiger partial charge in [-0.15, -0.1) is 0 Å². The van der Waals surface area contributed by atoms with Gasteiger partial charge in [0.15, 0.2) is 0 Å². The van der Waals surface area contributed by atoms with Crippen LogP contribution in [0.1, 0.15) is 25.8 Å². The van der Waals surface area contributed by atoms with Crippen molar-refractivity contribution < 1.29 is 4.74 Å². The third-order valence-corrected chi connectivity index (χ3v) is 3.67. The van der Waals surface area contributed by atoms with Crippen LogP contribution < -0.4 is 10.2 Å². The third-order valence-electron chi connectivity index (χ3n) is 3.37. The van der Waals surface area contributed by atoms with E-state index in [0.29, 0.717) is 0 Å². The first-order valence-electron chi connectivity index (χ1n) is 7.07. The molecule has 0 radical (unpaired) electrons. The predicted octanol–water partition coefficient (Wildman–Crippen LogP) is 3.06. The van der Waals surface area contributed by atoms with Crippen molar-refractivity contribution in [3.05, 3.63) is 28.8 Å². The van der Waals surface area contributed by atoms with Gasteiger partial charge in [0.1, 0.15) is 0 Å². The van der Waals surface area contributed by atoms with Crippen LogP contribution in [0.25, 0.3) is 0 Å². The Labute approximate surface area is 120 Å². The number of para-hydroxylation sites is 1. The predicted molar refractivity (Wildman–Crippen MR) is 81.1 cm³/mol. The largest absolute Gasteiger partial charge is 0.375 e. The average Bonchev–Trinajstić information content (AvgIpc) is 2.39. The SMILES string of the molecule is CCCNCc1cccc(Cl)c1N1CCOC(C)C1. The minimum absolute atomic E-state index is 0.265. The highest BCUT2D eigenvalue weighted by atomic mass is 35.5. The van der Waals surface area contributed by atoms with Crippen LogP contribution in [-0.2, 0) is 11.3 Å². The Morgan fingerprint density at radius 1 is 1.47 bits per heavy atom. The molecule has 0 saturated carbocycles. The summed E-state index contributed by atoms with van der Waals surface area (Å²) in [5.41, 5.74) is 2.44. The van der Waals surface area contributed by atoms with Crippen LogP contribution in [0.5, 0.6) is 0 Å². The van der Waals surface area contributed by atoms with Gasteiger partial charge in [-0.3, -0.25) is 0 Å². The van der Waals surface area contributed by atoms with Gasteiger partial charge in [0, 0.05) is 19.6 Å². The monoisotopic (exact) mass is 282 g/mol. The zero-order chi connectivity index (χ0) is 13.7. The van der Waals surface area contributed by atoms with Gasteiger partial charge in [-0.05, 0) is 31.5 Å². The first kappa shape index (κ1) is 14.6. The highest BCUT2D eigenvalue weighted by Crippen LogP contribution is 2.31. The molecule has 1 aromatic rings. The van der Waals surface area contributed by atoms with Gasteiger partial charge < -0.3 is 15.0 Å². The van der Waals surface area contributed by atoms with Gasteiger partial charge in [-0.2, -0.15) is 0 Å². The van der Waals surface area contributed by atoms with Crippen molar-refractivity contribution in [3.63, 3.8) is 0 Å². The molecule has 0 aromatic heterocycles. The smallest absolute Gasteiger partial charge is 0.0722 e. The van der Waals surface area contributed by atoms with Gasteiger partial charge in [-0.1, -0.05) is 30.7 Å². The second-order valence-electron chi connectivity index (χ2n) is 5.05. The molecule has 19 heavy (non-hydrogen) atoms. The minimum atomic E-state index is 0.265. The van der Waals surface area contributed by atoms with Crippen LogP contribution in [-0.4, -0.2) is 32.3 Å². The normalized spacial score (nSPS) is 19.7. The molecule has 3 nitrogen and oxygen atoms in total. The molecule has 4 heteroatoms. The van der Waals surface area contributed by atoms with Gasteiger partial charge >= 0.3 is 0 Å². The van der Waals surface area contributed by atoms with E-state index in [9.17, 15) is 0 Å². The lowest BCUT2D eigenvalue weighted by Gasteiger charge is -2.34. The molecule has 0 amide bonds. The molecule has 1 aliphatic heterocycles. The van der Waals surface area contributed by atoms with E-state index in [-0.39, 0.29) is 6.10 Å². The van der Waals surface area contributed by atoms with Crippen LogP contribution >= 0.6 is 11.6 Å². The number of anilines is 1. The lowest BCUT2D eigenvalue weighted by molar-refractivity contribution is 0.0532. The van der Waals surface area contributed by atoms with E-state index in [1.165, 1.54) is 11.3 Å². The summed E-state index contributed by atoms with van der Waals surface area (Å²) < 4.78 is 5.61. The Morgan fingerprint density at radius 2 is 2.32 bits per heavy atom. The minimum Gasteiger partial charge on any atom is -0.375 e. The lowest BCUT2D eigenvalue weighted by atomic mass is 10.1. The summed E-state index contributed by atoms with van der Waals surface area (Å²) in [6.45, 7) is 8.78. The standard InChI is InChI=1S/C15H23ClN2O/c1-3-7-17-10-13-5-4-6-14(16)15(13)18-8-9-19-12(2)11-18/h4-6,12,17H,3,7-11H2,1-2H3. The summed E-state index contributed by atoms with van der Waals surface area (Å²) in [5, 5.41) is 4.29. The highest BCUT2D eigenvalue weighted by molar-refractivity contribution is 6.33. The number of hydrogen-bond donors (Lipinski definition) is 1. The molecule has 1 saturated heterocycles. The number of ether oxygens (including phenoxy) is 1. The highest BCUT2D eigenvalue weighted by Gasteiger charge is 2.21. The van der Waals surface area contributed by atoms with E-state index >= 15 is 0 Å². The Bertz CT molecular complexity index is 411. The van der Waals surface area contributed by atoms with Crippen LogP contribution in [0.2, 0.25) is 5.02 Å². The quantitative estimate of drug-likeness (QED) is 0.840. The molecule has 0 aliphatic carbocycles. The zero-order valence-corrected chi connectivity index (χ0v) is 12.5. The molecule has 0 bridgehead atoms. The van der Waals surface area contributed by atoms with Crippen molar-refractivity contribution in [2.24, 2.45) is 0 Å². The van der Waals surface area contributed by atoms with Crippen LogP contribution in [0.4, 0.5) is 5.69 Å². The summed E-state index contributed by atoms with van der Waals surface area (Å²) in [7, 11) is 0. The van der Waals surface area contributed by atoms with E-state index in [0.717, 1.165) is 44.2 Å². The van der Waals surface area contributed by atoms with Crippen molar-refractivity contribution in [1.82, 2.24) is 5.32 Å². The lowest BCUT2D eigenvalue weighted by Crippen LogP contribution is -2.41. The van der Waals surface area contributed by atoms with E-state index in [4.69, 9.17) is 16.3 Å². The maximum absolute atomic E-state index is 6.41. The number of hydrogen-bond acceptors (Lipinski definition) is 3. The number of nitrogens with one attached hydrogen (secondary N) is 1. The number of benzene rings is 1. The first-order chi connectivity index (χ1) is 9.22. The Morgan fingerprint density at radius 3 is 3.05 bits per heavy atom. The fourth-order valence-electron chi connectivity index (χ4n) is 2.48. The number of halogens is 1. The van der Waals surface area contributed by atoms with Crippen LogP contribution in [0.3, 0.4) is 0 Å². The molecular formula is C15H23ClN2O. The van der Waals surface area contributed by atoms with Crippen molar-refractivity contribution >= 4 is 17.3 Å². The van der Waals surface area contributed by atoms with E-state index in [1.54, 1.807) is 0 Å². The first-order valence-corrected chi connectivity index (χ1v) is 7.44. The molecule has 1 unspecified atom stereocenters. The molecule has 1 fully saturated rings. The van der Waals surface area contributed by atoms with Crippen molar-refractivity contribution in [2.45, 2.75) is 32.9 Å². The van der Waals surface area contributed by atoms with Gasteiger partial charge in [-0.25, -0.2) is 0 Å². The Kier molecular flexibility index (Phi) is 5.49. The number of nitrogens with zero attached hydrogens (tertiary/aromatic N) is 1. The van der Waals surface area contributed by atoms with Gasteiger partial charge in [0.2, 0.25) is 0 Å². The molecule has 106 valence electrons. The summed E-state index contributed by atoms with van der Waals surface area (Å²) in [4.78, 5) is 2.35. The van der Waals surface area contributed by atoms with Crippen LogP contribution in [0.15, 0.2) is 18.2 Å². The number of morpholine rings is 1. The summed E-state index contributed by atoms with van der Waals surface area (Å²) in [6.07, 6.45) is 1.41. The molecule has 1 N–H and O–H groups in total. The Hall–Kier alpha value is -0.770. The summed E-state index contributed by atoms with van der Waals surface area (Å²) in [6, 6.07) is 6.16. The average molecular weight is 283 g/mol. The molecule has 0 spiro atoms. The molecule has 1 aromatic carbocycles. The van der Waals surface area contributed by atoms with Crippen molar-refractivity contribution in [3.8, 4) is 0 Å². The van der Waals surface area contributed by atoms with Gasteiger partial charge in [0.25, 0.3) is 0 Å². The number of rotatable bonds is 5. The third kappa shape index (κ3) is 3.85. The molecular weight excluding hydrogens is 260 g/mol. The second kappa shape index (κ2) is 7.13. The fraction of sp³-hybridized carbons (Fsp3) is 0.600. The van der Waals surface area contributed by atoms with E-state index in [1.807, 2.05) is 12.1 Å². The van der Waals surface area contributed by atoms with Crippen LogP contribution in [0, 0.1) is 0 Å². The van der Waals surface area contributed by atoms with Crippen molar-refractivity contribution in [1.29, 1.82) is 0 Å². The summed E-state index contributed by atoms with van der Waals surface area (Å²) in [5.74, 6) is 0. The van der Waals surface area contributed by atoms with E-state index < -0.39 is 0 Å². The fourth-order valence-corrected chi connectivity index (χ4v) is 2.79. The molecule has 1 heterocycles. The molecule has 1 atom stereocenters. The van der Waals surface area contributed by atoms with Crippen molar-refractivity contribution in [2.75, 3.05) is 31.1 Å². The van der Waals surface area contributed by atoms with Gasteiger partial charge in [0.05, 0.1) is 23.4 Å². The topological polar surface area (TPSA) is 24.5 Å². The maximum atomic E-state index is 6.41. The Balaban J connectivity index is 2.16. The second-order valence-corrected chi connectivity index (χ2v) is 5.46.